The van der Waals surface area contributed by atoms with E-state index in [1.807, 2.05) is 0 Å². The molecule has 0 spiro atoms. The number of aliphatic hydroxyl groups is 2. The van der Waals surface area contributed by atoms with Crippen molar-refractivity contribution >= 4 is 5.97 Å². The summed E-state index contributed by atoms with van der Waals surface area (Å²) >= 11 is 0. The fourth-order valence-corrected chi connectivity index (χ4v) is 0.624. The predicted molar refractivity (Wildman–Crippen MR) is 27.3 cm³/mol. The van der Waals surface area contributed by atoms with Crippen molar-refractivity contribution in [2.24, 2.45) is 5.92 Å². The van der Waals surface area contributed by atoms with Crippen molar-refractivity contribution in [2.75, 3.05) is 6.61 Å². The summed E-state index contributed by atoms with van der Waals surface area (Å²) < 4.78 is 4.34. The van der Waals surface area contributed by atoms with Gasteiger partial charge in [0.2, 0.25) is 0 Å². The molecular weight excluding hydrogens is 124 g/mol. The Morgan fingerprint density at radius 3 is 2.44 bits per heavy atom. The number of esters is 1. The highest BCUT2D eigenvalue weighted by atomic mass is 16.6. The molecule has 0 bridgehead atoms. The largest absolute Gasteiger partial charge is 0.461 e. The monoisotopic (exact) mass is 132 g/mol. The van der Waals surface area contributed by atoms with Crippen LogP contribution in [0, 0.1) is 5.92 Å². The topological polar surface area (TPSA) is 66.8 Å². The van der Waals surface area contributed by atoms with Crippen LogP contribution in [0.5, 0.6) is 0 Å². The van der Waals surface area contributed by atoms with Crippen LogP contribution in [0.15, 0.2) is 0 Å². The van der Waals surface area contributed by atoms with E-state index in [9.17, 15) is 4.79 Å². The van der Waals surface area contributed by atoms with Crippen molar-refractivity contribution in [3.63, 3.8) is 0 Å². The van der Waals surface area contributed by atoms with Crippen LogP contribution in [0.3, 0.4) is 0 Å². The molecule has 1 rings (SSSR count). The quantitative estimate of drug-likeness (QED) is 0.323. The number of carbonyl (C=O) groups excluding carboxylic acids is 1. The Kier molecular flexibility index (Phi) is 1.22. The lowest BCUT2D eigenvalue weighted by atomic mass is 10.1. The summed E-state index contributed by atoms with van der Waals surface area (Å²) in [5.41, 5.74) is 0. The van der Waals surface area contributed by atoms with Gasteiger partial charge in [-0.2, -0.15) is 0 Å². The lowest BCUT2D eigenvalue weighted by Gasteiger charge is -2.12. The van der Waals surface area contributed by atoms with Gasteiger partial charge >= 0.3 is 5.97 Å². The van der Waals surface area contributed by atoms with E-state index < -0.39 is 17.7 Å². The Balaban J connectivity index is 2.78. The molecule has 4 nitrogen and oxygen atoms in total. The summed E-state index contributed by atoms with van der Waals surface area (Å²) in [4.78, 5) is 10.4. The Labute approximate surface area is 52.1 Å². The third kappa shape index (κ3) is 0.799. The van der Waals surface area contributed by atoms with E-state index in [4.69, 9.17) is 10.2 Å². The molecule has 0 aromatic carbocycles. The summed E-state index contributed by atoms with van der Waals surface area (Å²) in [6.07, 6.45) is 0. The highest BCUT2D eigenvalue weighted by Gasteiger charge is 2.47. The first-order valence-electron chi connectivity index (χ1n) is 2.67. The average Bonchev–Trinajstić information content (AvgIpc) is 1.96. The molecule has 0 radical (unpaired) electrons. The summed E-state index contributed by atoms with van der Waals surface area (Å²) in [5.74, 6) is -3.72. The fraction of sp³-hybridized carbons (Fsp3) is 0.800. The van der Waals surface area contributed by atoms with Gasteiger partial charge in [0.15, 0.2) is 0 Å². The molecule has 1 saturated heterocycles. The van der Waals surface area contributed by atoms with E-state index in [0.29, 0.717) is 0 Å². The molecule has 0 amide bonds. The number of carbonyl (C=O) groups is 1. The minimum absolute atomic E-state index is 0.0891. The van der Waals surface area contributed by atoms with Gasteiger partial charge in [0.1, 0.15) is 0 Å². The second kappa shape index (κ2) is 1.68. The first-order chi connectivity index (χ1) is 4.05. The van der Waals surface area contributed by atoms with E-state index >= 15 is 0 Å². The molecule has 52 valence electrons. The summed E-state index contributed by atoms with van der Waals surface area (Å²) in [6, 6.07) is 0. The number of hydrogen-bond donors (Lipinski definition) is 2. The molecule has 1 aliphatic rings. The van der Waals surface area contributed by atoms with E-state index in [0.717, 1.165) is 0 Å². The van der Waals surface area contributed by atoms with Gasteiger partial charge in [0.05, 0.1) is 12.5 Å². The lowest BCUT2D eigenvalue weighted by molar-refractivity contribution is -0.197. The van der Waals surface area contributed by atoms with Crippen molar-refractivity contribution in [2.45, 2.75) is 12.7 Å². The second-order valence-electron chi connectivity index (χ2n) is 2.23. The predicted octanol–water partition coefficient (Wildman–Crippen LogP) is -1.14. The number of rotatable bonds is 0. The minimum Gasteiger partial charge on any atom is -0.461 e. The van der Waals surface area contributed by atoms with E-state index in [1.54, 1.807) is 0 Å². The molecule has 1 unspecified atom stereocenters. The number of cyclic esters (lactones) is 1. The zero-order chi connectivity index (χ0) is 7.07. The Morgan fingerprint density at radius 1 is 1.78 bits per heavy atom. The summed E-state index contributed by atoms with van der Waals surface area (Å²) in [6.45, 7) is 1.62. The molecule has 1 fully saturated rings. The third-order valence-electron chi connectivity index (χ3n) is 1.45. The first-order valence-corrected chi connectivity index (χ1v) is 2.67. The van der Waals surface area contributed by atoms with Crippen LogP contribution in [-0.4, -0.2) is 28.6 Å². The summed E-state index contributed by atoms with van der Waals surface area (Å²) in [5, 5.41) is 17.6. The van der Waals surface area contributed by atoms with Crippen LogP contribution in [0.4, 0.5) is 0 Å². The van der Waals surface area contributed by atoms with Crippen LogP contribution in [0.25, 0.3) is 0 Å². The van der Waals surface area contributed by atoms with Crippen LogP contribution in [0.2, 0.25) is 0 Å². The van der Waals surface area contributed by atoms with Crippen LogP contribution in [0.1, 0.15) is 6.92 Å². The molecule has 0 saturated carbocycles. The smallest absolute Gasteiger partial charge is 0.366 e. The molecule has 4 heteroatoms. The molecule has 9 heavy (non-hydrogen) atoms. The Bertz CT molecular complexity index is 140. The van der Waals surface area contributed by atoms with Crippen LogP contribution in [-0.2, 0) is 9.53 Å². The van der Waals surface area contributed by atoms with Crippen molar-refractivity contribution in [1.82, 2.24) is 0 Å². The third-order valence-corrected chi connectivity index (χ3v) is 1.45. The fourth-order valence-electron chi connectivity index (χ4n) is 0.624. The van der Waals surface area contributed by atoms with Gasteiger partial charge in [-0.1, -0.05) is 6.92 Å². The average molecular weight is 132 g/mol. The van der Waals surface area contributed by atoms with Crippen molar-refractivity contribution in [3.8, 4) is 0 Å². The highest BCUT2D eigenvalue weighted by molar-refractivity contribution is 5.79. The van der Waals surface area contributed by atoms with Gasteiger partial charge in [0, 0.05) is 0 Å². The maximum absolute atomic E-state index is 10.4. The number of hydrogen-bond acceptors (Lipinski definition) is 4. The van der Waals surface area contributed by atoms with Gasteiger partial charge < -0.3 is 14.9 Å². The molecule has 0 aliphatic carbocycles. The van der Waals surface area contributed by atoms with Crippen molar-refractivity contribution in [3.05, 3.63) is 0 Å². The molecule has 0 aromatic rings. The highest BCUT2D eigenvalue weighted by Crippen LogP contribution is 2.22. The van der Waals surface area contributed by atoms with Gasteiger partial charge in [-0.05, 0) is 0 Å². The van der Waals surface area contributed by atoms with E-state index in [1.165, 1.54) is 6.92 Å². The zero-order valence-electron chi connectivity index (χ0n) is 5.00. The maximum atomic E-state index is 10.4. The van der Waals surface area contributed by atoms with Crippen LogP contribution >= 0.6 is 0 Å². The molecular formula is C5H8O4. The molecule has 1 aliphatic heterocycles. The zero-order valence-corrected chi connectivity index (χ0v) is 5.00. The van der Waals surface area contributed by atoms with Crippen LogP contribution < -0.4 is 0 Å². The second-order valence-corrected chi connectivity index (χ2v) is 2.23. The van der Waals surface area contributed by atoms with Gasteiger partial charge in [-0.15, -0.1) is 0 Å². The van der Waals surface area contributed by atoms with Gasteiger partial charge in [-0.3, -0.25) is 0 Å². The number of ether oxygens (including phenoxy) is 1. The normalized spacial score (nSPS) is 32.3. The maximum Gasteiger partial charge on any atom is 0.366 e. The molecule has 1 heterocycles. The molecule has 1 atom stereocenters. The van der Waals surface area contributed by atoms with E-state index in [-0.39, 0.29) is 6.61 Å². The van der Waals surface area contributed by atoms with Gasteiger partial charge in [-0.25, -0.2) is 4.79 Å². The van der Waals surface area contributed by atoms with Crippen molar-refractivity contribution in [1.29, 1.82) is 0 Å². The lowest BCUT2D eigenvalue weighted by Crippen LogP contribution is -2.39. The van der Waals surface area contributed by atoms with Gasteiger partial charge in [0.25, 0.3) is 5.79 Å². The Morgan fingerprint density at radius 2 is 2.33 bits per heavy atom. The molecule has 2 N–H and O–H groups in total. The van der Waals surface area contributed by atoms with Crippen molar-refractivity contribution < 1.29 is 19.7 Å². The standard InChI is InChI=1S/C5H8O4/c1-3-2-9-4(6)5(3,7)8/h3,7-8H,2H2,1H3. The SMILES string of the molecule is CC1COC(=O)C1(O)O. The minimum atomic E-state index is -2.25. The Hall–Kier alpha value is -0.610. The molecule has 0 aromatic heterocycles. The first kappa shape index (κ1) is 6.51. The summed E-state index contributed by atoms with van der Waals surface area (Å²) in [7, 11) is 0. The van der Waals surface area contributed by atoms with E-state index in [2.05, 4.69) is 4.74 Å².